The van der Waals surface area contributed by atoms with Crippen LogP contribution in [-0.4, -0.2) is 0 Å². The Kier molecular flexibility index (Phi) is 10.5. The zero-order valence-corrected chi connectivity index (χ0v) is 35.4. The molecule has 0 N–H and O–H groups in total. The minimum absolute atomic E-state index is 0.114. The van der Waals surface area contributed by atoms with E-state index >= 15 is 0 Å². The third-order valence-corrected chi connectivity index (χ3v) is 12.9. The average molecular weight is 796 g/mol. The van der Waals surface area contributed by atoms with Gasteiger partial charge in [-0.15, -0.1) is 0 Å². The lowest BCUT2D eigenvalue weighted by Crippen LogP contribution is -2.23. The van der Waals surface area contributed by atoms with Crippen LogP contribution in [0, 0.1) is 0 Å². The predicted octanol–water partition coefficient (Wildman–Crippen LogP) is 17.1. The van der Waals surface area contributed by atoms with Gasteiger partial charge in [0.15, 0.2) is 0 Å². The average Bonchev–Trinajstić information content (AvgIpc) is 3.63. The molecule has 0 bridgehead atoms. The van der Waals surface area contributed by atoms with Gasteiger partial charge in [-0.25, -0.2) is 0 Å². The number of rotatable bonds is 11. The van der Waals surface area contributed by atoms with Gasteiger partial charge in [0.2, 0.25) is 0 Å². The van der Waals surface area contributed by atoms with Gasteiger partial charge in [-0.2, -0.15) is 0 Å². The fourth-order valence-corrected chi connectivity index (χ4v) is 9.94. The third-order valence-electron chi connectivity index (χ3n) is 12.9. The Labute approximate surface area is 367 Å². The fraction of sp³-hybridized carbons (Fsp3) is 0.0820. The molecular weight excluding hydrogens is 747 g/mol. The normalized spacial score (nSPS) is 12.5. The van der Waals surface area contributed by atoms with Gasteiger partial charge in [-0.3, -0.25) is 0 Å². The Bertz CT molecular complexity index is 2950. The van der Waals surface area contributed by atoms with E-state index in [4.69, 9.17) is 0 Å². The summed E-state index contributed by atoms with van der Waals surface area (Å²) in [5.74, 6) is 0. The molecular formula is C61H49N. The molecule has 0 aromatic heterocycles. The number of benzene rings is 9. The van der Waals surface area contributed by atoms with E-state index in [0.717, 1.165) is 24.2 Å². The van der Waals surface area contributed by atoms with Crippen molar-refractivity contribution in [3.63, 3.8) is 0 Å². The van der Waals surface area contributed by atoms with Crippen LogP contribution in [-0.2, 0) is 5.41 Å². The van der Waals surface area contributed by atoms with Gasteiger partial charge in [0.05, 0.1) is 0 Å². The van der Waals surface area contributed by atoms with Crippen LogP contribution in [0.3, 0.4) is 0 Å². The van der Waals surface area contributed by atoms with E-state index in [0.29, 0.717) is 0 Å². The lowest BCUT2D eigenvalue weighted by Gasteiger charge is -2.32. The van der Waals surface area contributed by atoms with E-state index < -0.39 is 0 Å². The fourth-order valence-electron chi connectivity index (χ4n) is 9.94. The minimum atomic E-state index is -0.114. The Hall–Kier alpha value is -7.48. The summed E-state index contributed by atoms with van der Waals surface area (Å²) in [6, 6.07) is 81.8. The van der Waals surface area contributed by atoms with Crippen LogP contribution in [0.4, 0.5) is 17.1 Å². The van der Waals surface area contributed by atoms with Gasteiger partial charge in [0.25, 0.3) is 0 Å². The second-order valence-corrected chi connectivity index (χ2v) is 16.3. The van der Waals surface area contributed by atoms with Crippen LogP contribution in [0.5, 0.6) is 0 Å². The van der Waals surface area contributed by atoms with Gasteiger partial charge < -0.3 is 4.90 Å². The molecule has 1 heteroatoms. The first kappa shape index (κ1) is 38.7. The molecule has 0 atom stereocenters. The number of hydrogen-bond acceptors (Lipinski definition) is 1. The maximum absolute atomic E-state index is 2.47. The highest BCUT2D eigenvalue weighted by molar-refractivity contribution is 6.05. The Morgan fingerprint density at radius 2 is 0.790 bits per heavy atom. The zero-order chi connectivity index (χ0) is 41.9. The highest BCUT2D eigenvalue weighted by atomic mass is 15.1. The molecule has 9 aromatic rings. The highest BCUT2D eigenvalue weighted by Gasteiger charge is 2.41. The standard InChI is InChI=1S/C61H49N/c1-3-61(4-2)56-41-44(36-39-53(56)54-40-38-52(43-57(54)61)62(50-31-19-9-20-32-50)51-33-21-10-22-34-51)35-37-49-42-55(45-23-11-5-12-24-45)59(47-27-15-7-16-28-47)60(48-29-17-8-18-30-48)58(49)46-25-13-6-14-26-46/h5-43H,3-4H2,1-2H3/b37-35+. The Balaban J connectivity index is 1.14. The molecule has 0 aliphatic heterocycles. The van der Waals surface area contributed by atoms with Crippen molar-refractivity contribution in [1.82, 2.24) is 0 Å². The summed E-state index contributed by atoms with van der Waals surface area (Å²) in [7, 11) is 0. The van der Waals surface area contributed by atoms with Crippen molar-refractivity contribution in [2.45, 2.75) is 32.1 Å². The van der Waals surface area contributed by atoms with Gasteiger partial charge in [-0.05, 0) is 133 Å². The lowest BCUT2D eigenvalue weighted by atomic mass is 9.73. The predicted molar refractivity (Wildman–Crippen MR) is 265 cm³/mol. The summed E-state index contributed by atoms with van der Waals surface area (Å²) < 4.78 is 0. The second-order valence-electron chi connectivity index (χ2n) is 16.3. The zero-order valence-electron chi connectivity index (χ0n) is 35.4. The van der Waals surface area contributed by atoms with Gasteiger partial charge in [0, 0.05) is 22.5 Å². The maximum atomic E-state index is 2.47. The summed E-state index contributed by atoms with van der Waals surface area (Å²) in [4.78, 5) is 2.38. The first-order valence-electron chi connectivity index (χ1n) is 22.0. The van der Waals surface area contributed by atoms with Crippen molar-refractivity contribution in [2.24, 2.45) is 0 Å². The van der Waals surface area contributed by atoms with Crippen molar-refractivity contribution in [1.29, 1.82) is 0 Å². The van der Waals surface area contributed by atoms with Crippen LogP contribution in [0.15, 0.2) is 224 Å². The topological polar surface area (TPSA) is 3.24 Å². The summed E-state index contributed by atoms with van der Waals surface area (Å²) in [5, 5.41) is 0. The SMILES string of the molecule is CCC1(CC)c2cc(/C=C/c3cc(-c4ccccc4)c(-c4ccccc4)c(-c4ccccc4)c3-c3ccccc3)ccc2-c2ccc(N(c3ccccc3)c3ccccc3)cc21. The van der Waals surface area contributed by atoms with E-state index in [9.17, 15) is 0 Å². The molecule has 0 saturated heterocycles. The molecule has 0 unspecified atom stereocenters. The second kappa shape index (κ2) is 16.9. The molecule has 0 heterocycles. The van der Waals surface area contributed by atoms with E-state index in [2.05, 4.69) is 255 Å². The van der Waals surface area contributed by atoms with Crippen molar-refractivity contribution in [3.05, 3.63) is 247 Å². The van der Waals surface area contributed by atoms with Gasteiger partial charge >= 0.3 is 0 Å². The molecule has 0 amide bonds. The van der Waals surface area contributed by atoms with Crippen molar-refractivity contribution < 1.29 is 0 Å². The summed E-state index contributed by atoms with van der Waals surface area (Å²) in [6.45, 7) is 4.72. The van der Waals surface area contributed by atoms with Crippen molar-refractivity contribution in [2.75, 3.05) is 4.90 Å². The number of fused-ring (bicyclic) bond motifs is 3. The van der Waals surface area contributed by atoms with Gasteiger partial charge in [0.1, 0.15) is 0 Å². The van der Waals surface area contributed by atoms with E-state index in [1.54, 1.807) is 0 Å². The molecule has 298 valence electrons. The molecule has 0 saturated carbocycles. The monoisotopic (exact) mass is 795 g/mol. The number of para-hydroxylation sites is 2. The Morgan fingerprint density at radius 3 is 1.31 bits per heavy atom. The molecule has 0 fully saturated rings. The minimum Gasteiger partial charge on any atom is -0.310 e. The van der Waals surface area contributed by atoms with E-state index in [1.807, 2.05) is 0 Å². The quantitative estimate of drug-likeness (QED) is 0.118. The molecule has 0 radical (unpaired) electrons. The Morgan fingerprint density at radius 1 is 0.355 bits per heavy atom. The molecule has 1 aliphatic carbocycles. The van der Waals surface area contributed by atoms with Crippen LogP contribution in [0.1, 0.15) is 48.9 Å². The largest absolute Gasteiger partial charge is 0.310 e. The number of nitrogens with zero attached hydrogens (tertiary/aromatic N) is 1. The number of anilines is 3. The first-order valence-corrected chi connectivity index (χ1v) is 22.0. The molecule has 1 aliphatic rings. The van der Waals surface area contributed by atoms with Crippen molar-refractivity contribution in [3.8, 4) is 55.6 Å². The summed E-state index contributed by atoms with van der Waals surface area (Å²) in [5.41, 5.74) is 21.0. The summed E-state index contributed by atoms with van der Waals surface area (Å²) in [6.07, 6.45) is 6.72. The smallest absolute Gasteiger partial charge is 0.0465 e. The number of hydrogen-bond donors (Lipinski definition) is 0. The molecule has 9 aromatic carbocycles. The molecule has 0 spiro atoms. The van der Waals surface area contributed by atoms with Crippen LogP contribution >= 0.6 is 0 Å². The molecule has 10 rings (SSSR count). The van der Waals surface area contributed by atoms with E-state index in [1.165, 1.54) is 83.6 Å². The van der Waals surface area contributed by atoms with Crippen molar-refractivity contribution >= 4 is 29.2 Å². The summed E-state index contributed by atoms with van der Waals surface area (Å²) >= 11 is 0. The van der Waals surface area contributed by atoms with E-state index in [-0.39, 0.29) is 5.41 Å². The third kappa shape index (κ3) is 6.96. The van der Waals surface area contributed by atoms with Gasteiger partial charge in [-0.1, -0.05) is 208 Å². The molecule has 62 heavy (non-hydrogen) atoms. The van der Waals surface area contributed by atoms with Crippen LogP contribution in [0.2, 0.25) is 0 Å². The molecule has 1 nitrogen and oxygen atoms in total. The maximum Gasteiger partial charge on any atom is 0.0465 e. The first-order chi connectivity index (χ1) is 30.7. The lowest BCUT2D eigenvalue weighted by molar-refractivity contribution is 0.490. The highest BCUT2D eigenvalue weighted by Crippen LogP contribution is 2.55. The van der Waals surface area contributed by atoms with Crippen LogP contribution < -0.4 is 4.90 Å². The van der Waals surface area contributed by atoms with Crippen LogP contribution in [0.25, 0.3) is 67.8 Å².